The van der Waals surface area contributed by atoms with Crippen LogP contribution in [0.3, 0.4) is 0 Å². The van der Waals surface area contributed by atoms with E-state index in [0.717, 1.165) is 47.8 Å². The highest BCUT2D eigenvalue weighted by molar-refractivity contribution is 7.20. The minimum absolute atomic E-state index is 0.253. The number of hydrogen-bond donors (Lipinski definition) is 1. The summed E-state index contributed by atoms with van der Waals surface area (Å²) < 4.78 is 16.6. The Morgan fingerprint density at radius 3 is 2.53 bits per heavy atom. The van der Waals surface area contributed by atoms with Crippen LogP contribution in [0.4, 0.5) is 15.8 Å². The smallest absolute Gasteiger partial charge is 0.265 e. The minimum atomic E-state index is -0.320. The van der Waals surface area contributed by atoms with Gasteiger partial charge in [0.15, 0.2) is 0 Å². The molecule has 1 saturated heterocycles. The first-order valence-electron chi connectivity index (χ1n) is 10.6. The Balaban J connectivity index is 1.36. The van der Waals surface area contributed by atoms with Gasteiger partial charge in [-0.2, -0.15) is 5.10 Å². The molecule has 4 aromatic rings. The third-order valence-electron chi connectivity index (χ3n) is 5.82. The van der Waals surface area contributed by atoms with Crippen LogP contribution < -0.4 is 10.2 Å². The van der Waals surface area contributed by atoms with Crippen molar-refractivity contribution < 1.29 is 9.18 Å². The molecule has 2 aromatic carbocycles. The SMILES string of the molecule is Cc1nn(-c2ccccc2)c2sc(C(=O)Nc3ccc(N4CCN(C)CC4)c(F)c3)cc12. The van der Waals surface area contributed by atoms with Gasteiger partial charge in [-0.05, 0) is 50.4 Å². The molecule has 1 aliphatic rings. The monoisotopic (exact) mass is 449 g/mol. The zero-order chi connectivity index (χ0) is 22.2. The summed E-state index contributed by atoms with van der Waals surface area (Å²) in [6.07, 6.45) is 0. The zero-order valence-corrected chi connectivity index (χ0v) is 18.8. The Bertz CT molecular complexity index is 1270. The summed E-state index contributed by atoms with van der Waals surface area (Å²) in [4.78, 5) is 18.7. The van der Waals surface area contributed by atoms with E-state index in [4.69, 9.17) is 0 Å². The van der Waals surface area contributed by atoms with Crippen molar-refractivity contribution in [2.24, 2.45) is 0 Å². The van der Waals surface area contributed by atoms with Gasteiger partial charge >= 0.3 is 0 Å². The van der Waals surface area contributed by atoms with Crippen LogP contribution in [-0.4, -0.2) is 53.8 Å². The van der Waals surface area contributed by atoms with Gasteiger partial charge in [0.2, 0.25) is 0 Å². The van der Waals surface area contributed by atoms with E-state index in [-0.39, 0.29) is 11.7 Å². The minimum Gasteiger partial charge on any atom is -0.367 e. The second kappa shape index (κ2) is 8.37. The van der Waals surface area contributed by atoms with Crippen molar-refractivity contribution in [1.82, 2.24) is 14.7 Å². The normalized spacial score (nSPS) is 14.8. The van der Waals surface area contributed by atoms with Crippen LogP contribution >= 0.6 is 11.3 Å². The van der Waals surface area contributed by atoms with Crippen LogP contribution in [0.5, 0.6) is 0 Å². The molecular weight excluding hydrogens is 425 g/mol. The average Bonchev–Trinajstić information content (AvgIpc) is 3.36. The van der Waals surface area contributed by atoms with Gasteiger partial charge in [0.1, 0.15) is 10.6 Å². The first-order valence-corrected chi connectivity index (χ1v) is 11.4. The maximum absolute atomic E-state index is 14.8. The number of para-hydroxylation sites is 1. The van der Waals surface area contributed by atoms with Gasteiger partial charge in [-0.15, -0.1) is 11.3 Å². The first kappa shape index (κ1) is 20.7. The molecule has 0 radical (unpaired) electrons. The van der Waals surface area contributed by atoms with Crippen molar-refractivity contribution in [3.05, 3.63) is 71.0 Å². The molecule has 5 rings (SSSR count). The van der Waals surface area contributed by atoms with Crippen molar-refractivity contribution in [1.29, 1.82) is 0 Å². The van der Waals surface area contributed by atoms with Crippen LogP contribution in [0.15, 0.2) is 54.6 Å². The third kappa shape index (κ3) is 3.87. The maximum Gasteiger partial charge on any atom is 0.265 e. The molecular formula is C24H24FN5OS. The number of piperazine rings is 1. The second-order valence-corrected chi connectivity index (χ2v) is 9.10. The number of nitrogens with one attached hydrogen (secondary N) is 1. The number of hydrogen-bond acceptors (Lipinski definition) is 5. The second-order valence-electron chi connectivity index (χ2n) is 8.07. The van der Waals surface area contributed by atoms with Gasteiger partial charge in [-0.25, -0.2) is 9.07 Å². The van der Waals surface area contributed by atoms with Gasteiger partial charge in [-0.1, -0.05) is 18.2 Å². The van der Waals surface area contributed by atoms with Gasteiger partial charge in [0, 0.05) is 37.3 Å². The Morgan fingerprint density at radius 1 is 1.06 bits per heavy atom. The number of rotatable bonds is 4. The highest BCUT2D eigenvalue weighted by Crippen LogP contribution is 2.31. The quantitative estimate of drug-likeness (QED) is 0.497. The highest BCUT2D eigenvalue weighted by atomic mass is 32.1. The average molecular weight is 450 g/mol. The van der Waals surface area contributed by atoms with Crippen molar-refractivity contribution in [2.45, 2.75) is 6.92 Å². The Labute approximate surface area is 189 Å². The van der Waals surface area contributed by atoms with Gasteiger partial charge in [0.05, 0.1) is 21.9 Å². The van der Waals surface area contributed by atoms with Crippen LogP contribution in [0.1, 0.15) is 15.4 Å². The molecule has 0 aliphatic carbocycles. The van der Waals surface area contributed by atoms with Crippen LogP contribution in [0.25, 0.3) is 15.9 Å². The summed E-state index contributed by atoms with van der Waals surface area (Å²) in [5, 5.41) is 8.40. The van der Waals surface area contributed by atoms with Crippen LogP contribution in [0.2, 0.25) is 0 Å². The van der Waals surface area contributed by atoms with E-state index >= 15 is 0 Å². The summed E-state index contributed by atoms with van der Waals surface area (Å²) in [6, 6.07) is 16.6. The van der Waals surface area contributed by atoms with E-state index in [0.29, 0.717) is 16.3 Å². The molecule has 1 fully saturated rings. The molecule has 2 aromatic heterocycles. The number of aryl methyl sites for hydroxylation is 1. The van der Waals surface area contributed by atoms with Crippen molar-refractivity contribution in [2.75, 3.05) is 43.4 Å². The molecule has 0 atom stereocenters. The van der Waals surface area contributed by atoms with E-state index in [9.17, 15) is 9.18 Å². The fourth-order valence-electron chi connectivity index (χ4n) is 3.98. The fraction of sp³-hybridized carbons (Fsp3) is 0.250. The van der Waals surface area contributed by atoms with Crippen LogP contribution in [0, 0.1) is 12.7 Å². The summed E-state index contributed by atoms with van der Waals surface area (Å²) in [5.41, 5.74) is 2.84. The lowest BCUT2D eigenvalue weighted by Crippen LogP contribution is -2.44. The first-order chi connectivity index (χ1) is 15.5. The Morgan fingerprint density at radius 2 is 1.81 bits per heavy atom. The number of nitrogens with zero attached hydrogens (tertiary/aromatic N) is 4. The summed E-state index contributed by atoms with van der Waals surface area (Å²) >= 11 is 1.38. The molecule has 8 heteroatoms. The molecule has 164 valence electrons. The molecule has 1 aliphatic heterocycles. The molecule has 0 spiro atoms. The molecule has 3 heterocycles. The van der Waals surface area contributed by atoms with E-state index in [1.54, 1.807) is 12.1 Å². The molecule has 1 N–H and O–H groups in total. The van der Waals surface area contributed by atoms with E-state index in [2.05, 4.69) is 22.4 Å². The number of aromatic nitrogens is 2. The van der Waals surface area contributed by atoms with E-state index in [1.165, 1.54) is 17.4 Å². The van der Waals surface area contributed by atoms with Crippen molar-refractivity contribution >= 4 is 38.8 Å². The molecule has 6 nitrogen and oxygen atoms in total. The van der Waals surface area contributed by atoms with E-state index in [1.807, 2.05) is 52.9 Å². The number of thiophene rings is 1. The lowest BCUT2D eigenvalue weighted by Gasteiger charge is -2.34. The molecule has 0 saturated carbocycles. The fourth-order valence-corrected chi connectivity index (χ4v) is 5.06. The maximum atomic E-state index is 14.8. The molecule has 32 heavy (non-hydrogen) atoms. The van der Waals surface area contributed by atoms with Gasteiger partial charge in [-0.3, -0.25) is 4.79 Å². The summed E-state index contributed by atoms with van der Waals surface area (Å²) in [6.45, 7) is 5.33. The van der Waals surface area contributed by atoms with Crippen molar-refractivity contribution in [3.8, 4) is 5.69 Å². The summed E-state index contributed by atoms with van der Waals surface area (Å²) in [7, 11) is 2.07. The number of halogens is 1. The predicted molar refractivity (Wildman–Crippen MR) is 128 cm³/mol. The van der Waals surface area contributed by atoms with Crippen LogP contribution in [-0.2, 0) is 0 Å². The number of benzene rings is 2. The van der Waals surface area contributed by atoms with E-state index < -0.39 is 0 Å². The lowest BCUT2D eigenvalue weighted by atomic mass is 10.2. The molecule has 1 amide bonds. The topological polar surface area (TPSA) is 53.4 Å². The van der Waals surface area contributed by atoms with Gasteiger partial charge in [0.25, 0.3) is 5.91 Å². The van der Waals surface area contributed by atoms with Gasteiger partial charge < -0.3 is 15.1 Å². The molecule has 0 unspecified atom stereocenters. The Kier molecular flexibility index (Phi) is 5.40. The lowest BCUT2D eigenvalue weighted by molar-refractivity contribution is 0.103. The third-order valence-corrected chi connectivity index (χ3v) is 6.93. The number of anilines is 2. The number of fused-ring (bicyclic) bond motifs is 1. The standard InChI is InChI=1S/C24H24FN5OS/c1-16-19-15-22(32-24(19)30(27-16)18-6-4-3-5-7-18)23(31)26-17-8-9-21(20(25)14-17)29-12-10-28(2)11-13-29/h3-9,14-15H,10-13H2,1-2H3,(H,26,31). The Hall–Kier alpha value is -3.23. The predicted octanol–water partition coefficient (Wildman–Crippen LogP) is 4.54. The largest absolute Gasteiger partial charge is 0.367 e. The number of likely N-dealkylation sites (N-methyl/N-ethyl adjacent to an activating group) is 1. The molecule has 0 bridgehead atoms. The summed E-state index contributed by atoms with van der Waals surface area (Å²) in [5.74, 6) is -0.573. The highest BCUT2D eigenvalue weighted by Gasteiger charge is 2.20. The zero-order valence-electron chi connectivity index (χ0n) is 18.0. The number of amides is 1. The number of carbonyl (C=O) groups excluding carboxylic acids is 1. The van der Waals surface area contributed by atoms with Crippen molar-refractivity contribution in [3.63, 3.8) is 0 Å². The number of carbonyl (C=O) groups is 1.